The van der Waals surface area contributed by atoms with Crippen molar-refractivity contribution in [1.82, 2.24) is 20.7 Å². The lowest BCUT2D eigenvalue weighted by atomic mass is 10.0. The van der Waals surface area contributed by atoms with Gasteiger partial charge < -0.3 is 31.5 Å². The lowest BCUT2D eigenvalue weighted by Crippen LogP contribution is -2.54. The Morgan fingerprint density at radius 1 is 0.880 bits per heavy atom. The maximum Gasteiger partial charge on any atom is 0.408 e. The number of hydrogen-bond acceptors (Lipinski definition) is 8. The van der Waals surface area contributed by atoms with E-state index in [9.17, 15) is 32.7 Å². The molecule has 0 radical (unpaired) electrons. The van der Waals surface area contributed by atoms with Crippen LogP contribution < -0.4 is 26.4 Å². The molecule has 0 spiro atoms. The first-order valence-electron chi connectivity index (χ1n) is 15.4. The molecule has 0 aliphatic carbocycles. The van der Waals surface area contributed by atoms with Gasteiger partial charge in [0, 0.05) is 36.9 Å². The van der Waals surface area contributed by atoms with Crippen LogP contribution >= 0.6 is 0 Å². The van der Waals surface area contributed by atoms with Crippen molar-refractivity contribution in [3.05, 3.63) is 125 Å². The Balaban J connectivity index is 1.67. The van der Waals surface area contributed by atoms with E-state index in [1.807, 2.05) is 6.07 Å². The summed E-state index contributed by atoms with van der Waals surface area (Å²) in [6.45, 7) is 3.34. The number of ether oxygens (including phenoxy) is 1. The molecule has 0 aliphatic heterocycles. The van der Waals surface area contributed by atoms with Gasteiger partial charge >= 0.3 is 12.1 Å². The monoisotopic (exact) mass is 704 g/mol. The van der Waals surface area contributed by atoms with Gasteiger partial charge in [-0.25, -0.2) is 17.9 Å². The minimum atomic E-state index is -3.74. The van der Waals surface area contributed by atoms with Gasteiger partial charge in [0.1, 0.15) is 24.5 Å². The lowest BCUT2D eigenvalue weighted by Gasteiger charge is -2.23. The number of sulfonamides is 1. The summed E-state index contributed by atoms with van der Waals surface area (Å²) >= 11 is 0. The van der Waals surface area contributed by atoms with E-state index in [-0.39, 0.29) is 38.4 Å². The van der Waals surface area contributed by atoms with Gasteiger partial charge in [-0.05, 0) is 34.8 Å². The largest absolute Gasteiger partial charge is 0.481 e. The zero-order valence-electron chi connectivity index (χ0n) is 27.1. The van der Waals surface area contributed by atoms with E-state index < -0.39 is 52.4 Å². The molecule has 14 nitrogen and oxygen atoms in total. The topological polar surface area (TPSA) is 230 Å². The van der Waals surface area contributed by atoms with Crippen molar-refractivity contribution in [3.8, 4) is 0 Å². The van der Waals surface area contributed by atoms with Gasteiger partial charge in [0.05, 0.1) is 0 Å². The molecule has 3 aromatic rings. The number of nitrogens with two attached hydrogens (primary N) is 1. The summed E-state index contributed by atoms with van der Waals surface area (Å²) in [5.74, 6) is -2.76. The predicted octanol–water partition coefficient (Wildman–Crippen LogP) is 2.55. The molecule has 0 saturated heterocycles. The highest BCUT2D eigenvalue weighted by Gasteiger charge is 2.28. The molecular formula is C35H40N6O8S. The lowest BCUT2D eigenvalue weighted by molar-refractivity contribution is -0.138. The third kappa shape index (κ3) is 13.7. The fourth-order valence-electron chi connectivity index (χ4n) is 4.52. The fraction of sp³-hybridized carbons (Fsp3) is 0.229. The van der Waals surface area contributed by atoms with Crippen molar-refractivity contribution in [1.29, 1.82) is 5.41 Å². The molecule has 3 rings (SSSR count). The maximum atomic E-state index is 13.4. The Morgan fingerprint density at radius 3 is 2.20 bits per heavy atom. The van der Waals surface area contributed by atoms with Gasteiger partial charge in [0.2, 0.25) is 21.8 Å². The first-order chi connectivity index (χ1) is 23.8. The van der Waals surface area contributed by atoms with Crippen molar-refractivity contribution in [3.63, 3.8) is 0 Å². The summed E-state index contributed by atoms with van der Waals surface area (Å²) in [7, 11) is -3.74. The van der Waals surface area contributed by atoms with Gasteiger partial charge in [-0.2, -0.15) is 0 Å². The van der Waals surface area contributed by atoms with Crippen LogP contribution in [-0.2, 0) is 48.7 Å². The number of amides is 3. The van der Waals surface area contributed by atoms with Crippen LogP contribution in [0.3, 0.4) is 0 Å². The van der Waals surface area contributed by atoms with Gasteiger partial charge in [-0.1, -0.05) is 91.5 Å². The molecule has 0 heterocycles. The third-order valence-electron chi connectivity index (χ3n) is 7.10. The number of aliphatic carboxylic acids is 1. The number of carboxylic acids is 1. The number of hydrogen-bond donors (Lipinski definition) is 7. The molecule has 3 amide bonds. The van der Waals surface area contributed by atoms with E-state index in [4.69, 9.17) is 15.9 Å². The first-order valence-corrected chi connectivity index (χ1v) is 17.0. The number of benzene rings is 3. The molecule has 0 fully saturated rings. The molecule has 0 aliphatic rings. The average molecular weight is 705 g/mol. The van der Waals surface area contributed by atoms with Gasteiger partial charge in [-0.3, -0.25) is 19.8 Å². The summed E-state index contributed by atoms with van der Waals surface area (Å²) in [4.78, 5) is 50.4. The molecule has 50 heavy (non-hydrogen) atoms. The predicted molar refractivity (Wildman–Crippen MR) is 188 cm³/mol. The Labute approximate surface area is 290 Å². The first kappa shape index (κ1) is 38.6. The minimum absolute atomic E-state index is 0.00910. The smallest absolute Gasteiger partial charge is 0.408 e. The number of amidine groups is 1. The van der Waals surface area contributed by atoms with Crippen molar-refractivity contribution in [2.45, 2.75) is 44.4 Å². The van der Waals surface area contributed by atoms with Crippen molar-refractivity contribution in [2.75, 3.05) is 6.61 Å². The van der Waals surface area contributed by atoms with Crippen molar-refractivity contribution in [2.24, 2.45) is 5.73 Å². The maximum absolute atomic E-state index is 13.4. The molecule has 8 N–H and O–H groups in total. The van der Waals surface area contributed by atoms with Gasteiger partial charge in [0.25, 0.3) is 0 Å². The number of carbonyl (C=O) groups is 4. The number of nitrogen functional groups attached to an aromatic ring is 1. The second-order valence-corrected chi connectivity index (χ2v) is 12.7. The van der Waals surface area contributed by atoms with Crippen molar-refractivity contribution < 1.29 is 37.4 Å². The summed E-state index contributed by atoms with van der Waals surface area (Å²) in [6.07, 6.45) is 1.21. The highest BCUT2D eigenvalue weighted by atomic mass is 32.2. The van der Waals surface area contributed by atoms with Crippen LogP contribution in [0.15, 0.2) is 96.9 Å². The Morgan fingerprint density at radius 2 is 1.56 bits per heavy atom. The van der Waals surface area contributed by atoms with E-state index in [0.29, 0.717) is 22.3 Å². The van der Waals surface area contributed by atoms with Crippen LogP contribution in [0.4, 0.5) is 4.79 Å². The highest BCUT2D eigenvalue weighted by molar-refractivity contribution is 7.92. The van der Waals surface area contributed by atoms with Crippen LogP contribution in [-0.4, -0.2) is 61.9 Å². The van der Waals surface area contributed by atoms with Crippen molar-refractivity contribution >= 4 is 45.8 Å². The van der Waals surface area contributed by atoms with Gasteiger partial charge in [0.15, 0.2) is 0 Å². The van der Waals surface area contributed by atoms with Crippen LogP contribution in [0.1, 0.15) is 40.7 Å². The fourth-order valence-corrected chi connectivity index (χ4v) is 5.32. The molecule has 0 bridgehead atoms. The Bertz CT molecular complexity index is 1800. The molecule has 15 heteroatoms. The molecule has 0 saturated carbocycles. The summed E-state index contributed by atoms with van der Waals surface area (Å²) in [5, 5.41) is 25.6. The standard InChI is InChI=1S/C35H40N6O8S/c1-2-18-49-35(46)41-30(21-25-11-13-28(14-12-25)32(36)37)34(45)40-29(15-16-31(42)43)33(44)38-22-26-9-6-10-27(20-26)23-39-50(47,48)19-17-24-7-4-3-5-8-24/h2-14,17,19-20,29-30,39H,1,15-16,18,21-23H2,(H3,36,37)(H,38,44)(H,40,45)(H,41,46)(H,42,43)/b19-17+/t29-,30-/m0/s1. The molecule has 0 aromatic heterocycles. The summed E-state index contributed by atoms with van der Waals surface area (Å²) < 4.78 is 32.4. The SMILES string of the molecule is C=CCOC(=O)N[C@@H](Cc1ccc(C(=N)N)cc1)C(=O)N[C@@H](CCC(=O)O)C(=O)NCc1cccc(CNS(=O)(=O)/C=C/c2ccccc2)c1. The normalized spacial score (nSPS) is 12.3. The summed E-state index contributed by atoms with van der Waals surface area (Å²) in [6, 6.07) is 19.7. The Kier molecular flexibility index (Phi) is 14.9. The molecule has 264 valence electrons. The second kappa shape index (κ2) is 19.3. The molecule has 0 unspecified atom stereocenters. The van der Waals surface area contributed by atoms with E-state index >= 15 is 0 Å². The van der Waals surface area contributed by atoms with Crippen LogP contribution in [0, 0.1) is 5.41 Å². The van der Waals surface area contributed by atoms with Crippen LogP contribution in [0.25, 0.3) is 6.08 Å². The number of alkyl carbamates (subject to hydrolysis) is 1. The molecular weight excluding hydrogens is 664 g/mol. The Hall–Kier alpha value is -5.80. The van der Waals surface area contributed by atoms with Crippen LogP contribution in [0.2, 0.25) is 0 Å². The third-order valence-corrected chi connectivity index (χ3v) is 8.14. The number of carboxylic acid groups (broad SMARTS) is 1. The second-order valence-electron chi connectivity index (χ2n) is 11.0. The van der Waals surface area contributed by atoms with E-state index in [2.05, 4.69) is 27.3 Å². The average Bonchev–Trinajstić information content (AvgIpc) is 3.10. The molecule has 2 atom stereocenters. The quantitative estimate of drug-likeness (QED) is 0.0552. The van der Waals surface area contributed by atoms with E-state index in [1.54, 1.807) is 72.8 Å². The number of rotatable bonds is 19. The number of carbonyl (C=O) groups excluding carboxylic acids is 3. The summed E-state index contributed by atoms with van der Waals surface area (Å²) in [5.41, 5.74) is 8.54. The number of nitrogens with one attached hydrogen (secondary N) is 5. The highest BCUT2D eigenvalue weighted by Crippen LogP contribution is 2.11. The van der Waals surface area contributed by atoms with E-state index in [1.165, 1.54) is 12.2 Å². The minimum Gasteiger partial charge on any atom is -0.481 e. The zero-order valence-corrected chi connectivity index (χ0v) is 27.9. The van der Waals surface area contributed by atoms with Gasteiger partial charge in [-0.15, -0.1) is 0 Å². The molecule has 3 aromatic carbocycles. The van der Waals surface area contributed by atoms with Crippen LogP contribution in [0.5, 0.6) is 0 Å². The zero-order chi connectivity index (χ0) is 36.5. The van der Waals surface area contributed by atoms with E-state index in [0.717, 1.165) is 11.0 Å².